The van der Waals surface area contributed by atoms with Gasteiger partial charge >= 0.3 is 0 Å². The van der Waals surface area contributed by atoms with Gasteiger partial charge in [-0.15, -0.1) is 11.3 Å². The van der Waals surface area contributed by atoms with Crippen molar-refractivity contribution in [2.24, 2.45) is 17.8 Å². The van der Waals surface area contributed by atoms with E-state index in [4.69, 9.17) is 0 Å². The van der Waals surface area contributed by atoms with E-state index in [9.17, 15) is 0 Å². The Morgan fingerprint density at radius 3 is 2.50 bits per heavy atom. The number of likely N-dealkylation sites (N-methyl/N-ethyl adjacent to an activating group) is 1. The van der Waals surface area contributed by atoms with E-state index in [0.717, 1.165) is 29.9 Å². The smallest absolute Gasteiger partial charge is 0.0943 e. The molecule has 2 rings (SSSR count). The molecule has 18 heavy (non-hydrogen) atoms. The summed E-state index contributed by atoms with van der Waals surface area (Å²) in [5.41, 5.74) is 1.16. The molecule has 1 heterocycles. The highest BCUT2D eigenvalue weighted by Crippen LogP contribution is 2.35. The molecule has 0 spiro atoms. The summed E-state index contributed by atoms with van der Waals surface area (Å²) in [7, 11) is 2.11. The highest BCUT2D eigenvalue weighted by molar-refractivity contribution is 7.09. The molecule has 102 valence electrons. The molecule has 0 bridgehead atoms. The highest BCUT2D eigenvalue weighted by atomic mass is 32.1. The minimum Gasteiger partial charge on any atom is -0.316 e. The summed E-state index contributed by atoms with van der Waals surface area (Å²) in [6.07, 6.45) is 5.25. The monoisotopic (exact) mass is 266 g/mol. The quantitative estimate of drug-likeness (QED) is 0.899. The number of rotatable bonds is 4. The average molecular weight is 266 g/mol. The van der Waals surface area contributed by atoms with Crippen LogP contribution in [-0.2, 0) is 6.42 Å². The minimum absolute atomic E-state index is 0.598. The van der Waals surface area contributed by atoms with Gasteiger partial charge in [0.05, 0.1) is 5.01 Å². The molecular formula is C15H26N2S. The third-order valence-corrected chi connectivity index (χ3v) is 5.20. The van der Waals surface area contributed by atoms with Gasteiger partial charge in [0.15, 0.2) is 0 Å². The van der Waals surface area contributed by atoms with Crippen LogP contribution in [-0.4, -0.2) is 18.1 Å². The lowest BCUT2D eigenvalue weighted by Crippen LogP contribution is -2.39. The van der Waals surface area contributed by atoms with Crippen LogP contribution < -0.4 is 5.32 Å². The van der Waals surface area contributed by atoms with Crippen molar-refractivity contribution in [3.63, 3.8) is 0 Å². The Morgan fingerprint density at radius 1 is 1.33 bits per heavy atom. The summed E-state index contributed by atoms with van der Waals surface area (Å²) in [6, 6.07) is 0.598. The third-order valence-electron chi connectivity index (χ3n) is 4.22. The minimum atomic E-state index is 0.598. The summed E-state index contributed by atoms with van der Waals surface area (Å²) in [5, 5.41) is 6.99. The van der Waals surface area contributed by atoms with E-state index in [2.05, 4.69) is 43.5 Å². The van der Waals surface area contributed by atoms with Gasteiger partial charge in [-0.2, -0.15) is 0 Å². The molecule has 1 aliphatic carbocycles. The van der Waals surface area contributed by atoms with Crippen LogP contribution in [0, 0.1) is 24.7 Å². The van der Waals surface area contributed by atoms with Crippen molar-refractivity contribution in [1.29, 1.82) is 0 Å². The van der Waals surface area contributed by atoms with E-state index in [-0.39, 0.29) is 0 Å². The molecular weight excluding hydrogens is 240 g/mol. The predicted molar refractivity (Wildman–Crippen MR) is 79.1 cm³/mol. The predicted octanol–water partition coefficient (Wildman–Crippen LogP) is 3.65. The van der Waals surface area contributed by atoms with Crippen molar-refractivity contribution >= 4 is 11.3 Å². The highest BCUT2D eigenvalue weighted by Gasteiger charge is 2.29. The molecule has 1 aromatic rings. The normalized spacial score (nSPS) is 30.3. The van der Waals surface area contributed by atoms with E-state index in [1.165, 1.54) is 24.3 Å². The molecule has 0 aliphatic heterocycles. The van der Waals surface area contributed by atoms with Gasteiger partial charge in [-0.05, 0) is 51.0 Å². The lowest BCUT2D eigenvalue weighted by molar-refractivity contribution is 0.179. The number of hydrogen-bond acceptors (Lipinski definition) is 3. The maximum absolute atomic E-state index is 4.61. The summed E-state index contributed by atoms with van der Waals surface area (Å²) in [6.45, 7) is 6.89. The molecule has 3 atom stereocenters. The Kier molecular flexibility index (Phi) is 4.79. The van der Waals surface area contributed by atoms with Gasteiger partial charge in [-0.3, -0.25) is 0 Å². The second-order valence-corrected chi connectivity index (χ2v) is 7.10. The molecule has 1 aliphatic rings. The topological polar surface area (TPSA) is 24.9 Å². The fourth-order valence-electron chi connectivity index (χ4n) is 3.53. The molecule has 1 fully saturated rings. The number of nitrogens with zero attached hydrogens (tertiary/aromatic N) is 1. The molecule has 0 amide bonds. The zero-order valence-electron chi connectivity index (χ0n) is 12.1. The number of aromatic nitrogens is 1. The number of nitrogens with one attached hydrogen (secondary N) is 1. The number of thiazole rings is 1. The van der Waals surface area contributed by atoms with Crippen molar-refractivity contribution < 1.29 is 0 Å². The van der Waals surface area contributed by atoms with Crippen molar-refractivity contribution in [2.45, 2.75) is 52.5 Å². The SMILES string of the molecule is CNC(Cc1nc(C)cs1)C1CC(C)CC(C)C1. The zero-order valence-corrected chi connectivity index (χ0v) is 12.9. The first-order valence-corrected chi connectivity index (χ1v) is 8.04. The standard InChI is InChI=1S/C15H26N2S/c1-10-5-11(2)7-13(6-10)14(16-4)8-15-17-12(3)9-18-15/h9-11,13-14,16H,5-8H2,1-4H3. The van der Waals surface area contributed by atoms with E-state index in [1.807, 2.05) is 11.3 Å². The van der Waals surface area contributed by atoms with Crippen LogP contribution >= 0.6 is 11.3 Å². The lowest BCUT2D eigenvalue weighted by atomic mass is 9.73. The van der Waals surface area contributed by atoms with Gasteiger partial charge < -0.3 is 5.32 Å². The second-order valence-electron chi connectivity index (χ2n) is 6.16. The van der Waals surface area contributed by atoms with Gasteiger partial charge in [0.25, 0.3) is 0 Å². The summed E-state index contributed by atoms with van der Waals surface area (Å²) >= 11 is 1.81. The molecule has 0 aromatic carbocycles. The van der Waals surface area contributed by atoms with E-state index >= 15 is 0 Å². The fraction of sp³-hybridized carbons (Fsp3) is 0.800. The summed E-state index contributed by atoms with van der Waals surface area (Å²) < 4.78 is 0. The molecule has 3 heteroatoms. The van der Waals surface area contributed by atoms with Crippen LogP contribution in [0.5, 0.6) is 0 Å². The molecule has 1 saturated carbocycles. The van der Waals surface area contributed by atoms with Crippen molar-refractivity contribution in [3.05, 3.63) is 16.1 Å². The van der Waals surface area contributed by atoms with Crippen LogP contribution in [0.1, 0.15) is 43.8 Å². The zero-order chi connectivity index (χ0) is 13.1. The van der Waals surface area contributed by atoms with E-state index < -0.39 is 0 Å². The van der Waals surface area contributed by atoms with Gasteiger partial charge in [0.1, 0.15) is 0 Å². The second kappa shape index (κ2) is 6.16. The van der Waals surface area contributed by atoms with Crippen LogP contribution in [0.4, 0.5) is 0 Å². The molecule has 1 aromatic heterocycles. The van der Waals surface area contributed by atoms with Crippen molar-refractivity contribution in [2.75, 3.05) is 7.05 Å². The van der Waals surface area contributed by atoms with Gasteiger partial charge in [0.2, 0.25) is 0 Å². The maximum Gasteiger partial charge on any atom is 0.0943 e. The summed E-state index contributed by atoms with van der Waals surface area (Å²) in [5.74, 6) is 2.58. The Morgan fingerprint density at radius 2 is 2.00 bits per heavy atom. The van der Waals surface area contributed by atoms with Crippen LogP contribution in [0.2, 0.25) is 0 Å². The largest absolute Gasteiger partial charge is 0.316 e. The Labute approximate surface area is 115 Å². The van der Waals surface area contributed by atoms with Crippen LogP contribution in [0.15, 0.2) is 5.38 Å². The van der Waals surface area contributed by atoms with Gasteiger partial charge in [0, 0.05) is 23.5 Å². The average Bonchev–Trinajstić information content (AvgIpc) is 2.70. The molecule has 0 saturated heterocycles. The Hall–Kier alpha value is -0.410. The van der Waals surface area contributed by atoms with Crippen LogP contribution in [0.25, 0.3) is 0 Å². The molecule has 1 N–H and O–H groups in total. The first-order chi connectivity index (χ1) is 8.58. The summed E-state index contributed by atoms with van der Waals surface area (Å²) in [4.78, 5) is 4.61. The maximum atomic E-state index is 4.61. The van der Waals surface area contributed by atoms with Crippen LogP contribution in [0.3, 0.4) is 0 Å². The Balaban J connectivity index is 1.99. The third kappa shape index (κ3) is 3.55. The van der Waals surface area contributed by atoms with Crippen molar-refractivity contribution in [1.82, 2.24) is 10.3 Å². The first-order valence-electron chi connectivity index (χ1n) is 7.16. The number of aryl methyl sites for hydroxylation is 1. The van der Waals surface area contributed by atoms with Crippen molar-refractivity contribution in [3.8, 4) is 0 Å². The van der Waals surface area contributed by atoms with E-state index in [1.54, 1.807) is 0 Å². The molecule has 2 nitrogen and oxygen atoms in total. The first kappa shape index (κ1) is 14.0. The fourth-order valence-corrected chi connectivity index (χ4v) is 4.36. The van der Waals surface area contributed by atoms with Gasteiger partial charge in [-0.1, -0.05) is 13.8 Å². The van der Waals surface area contributed by atoms with E-state index in [0.29, 0.717) is 6.04 Å². The Bertz CT molecular complexity index is 364. The molecule has 0 radical (unpaired) electrons. The van der Waals surface area contributed by atoms with Gasteiger partial charge in [-0.25, -0.2) is 4.98 Å². The lowest BCUT2D eigenvalue weighted by Gasteiger charge is -2.36. The molecule has 3 unspecified atom stereocenters. The number of hydrogen-bond donors (Lipinski definition) is 1.